The second kappa shape index (κ2) is 5.72. The number of aromatic nitrogens is 2. The van der Waals surface area contributed by atoms with E-state index in [-0.39, 0.29) is 12.1 Å². The van der Waals surface area contributed by atoms with Gasteiger partial charge in [-0.1, -0.05) is 13.8 Å². The largest absolute Gasteiger partial charge is 0.394 e. The molecule has 0 saturated heterocycles. The van der Waals surface area contributed by atoms with E-state index >= 15 is 0 Å². The van der Waals surface area contributed by atoms with Crippen LogP contribution in [0.5, 0.6) is 0 Å². The number of hydrogen-bond donors (Lipinski definition) is 2. The van der Waals surface area contributed by atoms with Gasteiger partial charge in [0.2, 0.25) is 0 Å². The summed E-state index contributed by atoms with van der Waals surface area (Å²) in [5.74, 6) is 0. The molecule has 5 heteroatoms. The average Bonchev–Trinajstić information content (AvgIpc) is 2.75. The summed E-state index contributed by atoms with van der Waals surface area (Å²) < 4.78 is 3.04. The van der Waals surface area contributed by atoms with E-state index in [4.69, 9.17) is 0 Å². The zero-order chi connectivity index (χ0) is 13.2. The third kappa shape index (κ3) is 3.13. The quantitative estimate of drug-likeness (QED) is 0.897. The Kier molecular flexibility index (Phi) is 4.45. The van der Waals surface area contributed by atoms with Crippen molar-refractivity contribution in [1.82, 2.24) is 15.1 Å². The Balaban J connectivity index is 2.11. The maximum atomic E-state index is 9.76. The van der Waals surface area contributed by atoms with Gasteiger partial charge in [0.05, 0.1) is 23.3 Å². The number of rotatable bonds is 4. The third-order valence-corrected chi connectivity index (χ3v) is 4.07. The molecule has 102 valence electrons. The summed E-state index contributed by atoms with van der Waals surface area (Å²) in [5.41, 5.74) is -0.143. The summed E-state index contributed by atoms with van der Waals surface area (Å²) in [6.07, 6.45) is 8.09. The smallest absolute Gasteiger partial charge is 0.0632 e. The summed E-state index contributed by atoms with van der Waals surface area (Å²) in [6, 6.07) is 0.767. The first-order chi connectivity index (χ1) is 8.54. The van der Waals surface area contributed by atoms with Gasteiger partial charge in [0.15, 0.2) is 0 Å². The van der Waals surface area contributed by atoms with Crippen molar-refractivity contribution in [3.8, 4) is 0 Å². The van der Waals surface area contributed by atoms with Crippen LogP contribution in [0.15, 0.2) is 16.9 Å². The van der Waals surface area contributed by atoms with E-state index in [1.807, 2.05) is 17.1 Å². The van der Waals surface area contributed by atoms with E-state index < -0.39 is 0 Å². The molecule has 1 aromatic heterocycles. The fourth-order valence-electron chi connectivity index (χ4n) is 3.00. The highest BCUT2D eigenvalue weighted by Gasteiger charge is 2.37. The first kappa shape index (κ1) is 14.0. The minimum atomic E-state index is -0.143. The molecule has 0 spiro atoms. The molecule has 0 aliphatic heterocycles. The van der Waals surface area contributed by atoms with Gasteiger partial charge in [-0.15, -0.1) is 0 Å². The van der Waals surface area contributed by atoms with Crippen molar-refractivity contribution in [1.29, 1.82) is 0 Å². The van der Waals surface area contributed by atoms with Crippen LogP contribution in [0.4, 0.5) is 0 Å². The van der Waals surface area contributed by atoms with E-state index in [0.29, 0.717) is 12.1 Å². The van der Waals surface area contributed by atoms with Crippen molar-refractivity contribution < 1.29 is 5.11 Å². The van der Waals surface area contributed by atoms with E-state index in [9.17, 15) is 5.11 Å². The molecule has 4 nitrogen and oxygen atoms in total. The monoisotopic (exact) mass is 315 g/mol. The molecular formula is C13H22BrN3O. The first-order valence-corrected chi connectivity index (χ1v) is 7.42. The molecule has 1 saturated carbocycles. The van der Waals surface area contributed by atoms with Gasteiger partial charge in [0.25, 0.3) is 0 Å². The fourth-order valence-corrected chi connectivity index (χ4v) is 3.31. The molecule has 18 heavy (non-hydrogen) atoms. The van der Waals surface area contributed by atoms with Gasteiger partial charge in [-0.2, -0.15) is 5.10 Å². The van der Waals surface area contributed by atoms with Gasteiger partial charge in [-0.25, -0.2) is 0 Å². The lowest BCUT2D eigenvalue weighted by Gasteiger charge is -2.41. The standard InChI is InChI=1S/C13H22BrN3O/c1-10(2)16-13(9-18)5-3-4-12(6-13)17-8-11(14)7-15-17/h7-8,10,12,16,18H,3-6,9H2,1-2H3. The molecule has 2 N–H and O–H groups in total. The van der Waals surface area contributed by atoms with Crippen molar-refractivity contribution in [2.45, 2.75) is 57.2 Å². The second-order valence-corrected chi connectivity index (χ2v) is 6.54. The van der Waals surface area contributed by atoms with Crippen LogP contribution in [0.25, 0.3) is 0 Å². The lowest BCUT2D eigenvalue weighted by atomic mass is 9.79. The SMILES string of the molecule is CC(C)NC1(CO)CCCC(n2cc(Br)cn2)C1. The summed E-state index contributed by atoms with van der Waals surface area (Å²) in [7, 11) is 0. The molecule has 2 rings (SSSR count). The molecule has 0 amide bonds. The number of aliphatic hydroxyl groups excluding tert-OH is 1. The number of nitrogens with zero attached hydrogens (tertiary/aromatic N) is 2. The van der Waals surface area contributed by atoms with Crippen LogP contribution >= 0.6 is 15.9 Å². The van der Waals surface area contributed by atoms with Crippen LogP contribution in [0.3, 0.4) is 0 Å². The maximum Gasteiger partial charge on any atom is 0.0632 e. The molecule has 0 radical (unpaired) electrons. The van der Waals surface area contributed by atoms with Crippen LogP contribution < -0.4 is 5.32 Å². The molecular weight excluding hydrogens is 294 g/mol. The predicted molar refractivity (Wildman–Crippen MR) is 75.5 cm³/mol. The third-order valence-electron chi connectivity index (χ3n) is 3.66. The molecule has 0 bridgehead atoms. The van der Waals surface area contributed by atoms with Crippen LogP contribution in [0.2, 0.25) is 0 Å². The Morgan fingerprint density at radius 2 is 2.44 bits per heavy atom. The highest BCUT2D eigenvalue weighted by Crippen LogP contribution is 2.35. The van der Waals surface area contributed by atoms with Crippen molar-refractivity contribution in [3.05, 3.63) is 16.9 Å². The Labute approximate surface area is 117 Å². The Morgan fingerprint density at radius 3 is 3.00 bits per heavy atom. The normalized spacial score (nSPS) is 28.8. The number of halogens is 1. The van der Waals surface area contributed by atoms with Crippen molar-refractivity contribution in [2.75, 3.05) is 6.61 Å². The minimum Gasteiger partial charge on any atom is -0.394 e. The lowest BCUT2D eigenvalue weighted by molar-refractivity contribution is 0.0873. The van der Waals surface area contributed by atoms with Gasteiger partial charge < -0.3 is 10.4 Å². The molecule has 1 fully saturated rings. The summed E-state index contributed by atoms with van der Waals surface area (Å²) >= 11 is 3.44. The van der Waals surface area contributed by atoms with E-state index in [2.05, 4.69) is 40.2 Å². The molecule has 1 aliphatic carbocycles. The Hall–Kier alpha value is -0.390. The Bertz CT molecular complexity index is 393. The first-order valence-electron chi connectivity index (χ1n) is 6.63. The van der Waals surface area contributed by atoms with Crippen molar-refractivity contribution >= 4 is 15.9 Å². The summed E-state index contributed by atoms with van der Waals surface area (Å²) in [4.78, 5) is 0. The van der Waals surface area contributed by atoms with Crippen LogP contribution in [-0.2, 0) is 0 Å². The van der Waals surface area contributed by atoms with Gasteiger partial charge in [0.1, 0.15) is 0 Å². The predicted octanol–water partition coefficient (Wildman–Crippen LogP) is 2.49. The molecule has 1 aliphatic rings. The van der Waals surface area contributed by atoms with E-state index in [1.165, 1.54) is 0 Å². The van der Waals surface area contributed by atoms with Gasteiger partial charge in [-0.05, 0) is 41.6 Å². The van der Waals surface area contributed by atoms with E-state index in [0.717, 1.165) is 30.2 Å². The lowest BCUT2D eigenvalue weighted by Crippen LogP contribution is -2.54. The number of nitrogens with one attached hydrogen (secondary N) is 1. The van der Waals surface area contributed by atoms with Gasteiger partial charge in [0, 0.05) is 17.8 Å². The average molecular weight is 316 g/mol. The molecule has 1 aromatic rings. The summed E-state index contributed by atoms with van der Waals surface area (Å²) in [6.45, 7) is 4.46. The van der Waals surface area contributed by atoms with Crippen molar-refractivity contribution in [2.24, 2.45) is 0 Å². The summed E-state index contributed by atoms with van der Waals surface area (Å²) in [5, 5.41) is 17.7. The molecule has 2 atom stereocenters. The van der Waals surface area contributed by atoms with Crippen LogP contribution in [0, 0.1) is 0 Å². The molecule has 2 unspecified atom stereocenters. The van der Waals surface area contributed by atoms with Gasteiger partial charge in [-0.3, -0.25) is 4.68 Å². The highest BCUT2D eigenvalue weighted by atomic mass is 79.9. The fraction of sp³-hybridized carbons (Fsp3) is 0.769. The maximum absolute atomic E-state index is 9.76. The molecule has 0 aromatic carbocycles. The zero-order valence-corrected chi connectivity index (χ0v) is 12.7. The second-order valence-electron chi connectivity index (χ2n) is 5.63. The topological polar surface area (TPSA) is 50.1 Å². The van der Waals surface area contributed by atoms with Crippen LogP contribution in [0.1, 0.15) is 45.6 Å². The van der Waals surface area contributed by atoms with E-state index in [1.54, 1.807) is 0 Å². The van der Waals surface area contributed by atoms with Gasteiger partial charge >= 0.3 is 0 Å². The zero-order valence-electron chi connectivity index (χ0n) is 11.1. The van der Waals surface area contributed by atoms with Crippen molar-refractivity contribution in [3.63, 3.8) is 0 Å². The number of hydrogen-bond acceptors (Lipinski definition) is 3. The Morgan fingerprint density at radius 1 is 1.67 bits per heavy atom. The minimum absolute atomic E-state index is 0.143. The molecule has 1 heterocycles. The number of aliphatic hydroxyl groups is 1. The highest BCUT2D eigenvalue weighted by molar-refractivity contribution is 9.10. The van der Waals surface area contributed by atoms with Crippen LogP contribution in [-0.4, -0.2) is 33.1 Å².